The SMILES string of the molecule is Cc1cc(Oc2ccc(-c3cnc(Cc4ccccc4)n(C)c3=O)cc2F)nc(C)n1.Cc1nc(C(F)(F)F)nc(Oc2ccc(-c3cnc(Cc4ccccc4)n(C)c3=O)cc2F)c1C.Cc1ncnc(Oc2ccc(-c3cnc(Cc4ccccc4)n(C)c3=O)cc2F)c1C. The molecule has 0 spiro atoms. The van der Waals surface area contributed by atoms with Gasteiger partial charge in [0.1, 0.15) is 29.6 Å². The van der Waals surface area contributed by atoms with Crippen molar-refractivity contribution in [1.82, 2.24) is 58.6 Å². The maximum absolute atomic E-state index is 14.9. The van der Waals surface area contributed by atoms with E-state index in [0.717, 1.165) is 39.7 Å². The Labute approximate surface area is 552 Å². The van der Waals surface area contributed by atoms with Crippen molar-refractivity contribution >= 4 is 0 Å². The molecule has 0 unspecified atom stereocenters. The Bertz CT molecular complexity index is 5040. The molecular formula is C73H62F6N12O6. The number of hydrogen-bond donors (Lipinski definition) is 0. The fourth-order valence-electron chi connectivity index (χ4n) is 9.92. The average Bonchev–Trinajstić information content (AvgIpc) is 0.823. The lowest BCUT2D eigenvalue weighted by Gasteiger charge is -2.14. The molecule has 97 heavy (non-hydrogen) atoms. The van der Waals surface area contributed by atoms with Crippen LogP contribution in [0.2, 0.25) is 0 Å². The van der Waals surface area contributed by atoms with Gasteiger partial charge >= 0.3 is 6.18 Å². The van der Waals surface area contributed by atoms with Gasteiger partial charge in [-0.2, -0.15) is 23.1 Å². The maximum atomic E-state index is 14.9. The molecule has 0 atom stereocenters. The first-order chi connectivity index (χ1) is 46.4. The Morgan fingerprint density at radius 2 is 0.794 bits per heavy atom. The van der Waals surface area contributed by atoms with Crippen LogP contribution < -0.4 is 30.9 Å². The summed E-state index contributed by atoms with van der Waals surface area (Å²) in [4.78, 5) is 75.3. The molecule has 0 bridgehead atoms. The quantitative estimate of drug-likeness (QED) is 0.0874. The highest BCUT2D eigenvalue weighted by molar-refractivity contribution is 5.65. The topological polar surface area (TPSA) is 210 Å². The molecular weight excluding hydrogens is 1250 g/mol. The van der Waals surface area contributed by atoms with E-state index in [1.807, 2.05) is 112 Å². The fraction of sp³-hybridized carbons (Fsp3) is 0.178. The Morgan fingerprint density at radius 1 is 0.412 bits per heavy atom. The summed E-state index contributed by atoms with van der Waals surface area (Å²) in [6, 6.07) is 43.2. The first-order valence-corrected chi connectivity index (χ1v) is 30.1. The molecule has 0 aliphatic carbocycles. The number of hydrogen-bond acceptors (Lipinski definition) is 15. The number of halogens is 6. The zero-order valence-corrected chi connectivity index (χ0v) is 53.9. The number of rotatable bonds is 15. The minimum atomic E-state index is -4.78. The molecule has 0 aliphatic heterocycles. The number of aryl methyl sites for hydroxylation is 4. The van der Waals surface area contributed by atoms with Crippen molar-refractivity contribution in [2.45, 2.75) is 67.0 Å². The van der Waals surface area contributed by atoms with Crippen LogP contribution in [-0.2, 0) is 46.6 Å². The van der Waals surface area contributed by atoms with Crippen LogP contribution in [0.4, 0.5) is 26.3 Å². The van der Waals surface area contributed by atoms with Gasteiger partial charge in [0.2, 0.25) is 23.5 Å². The lowest BCUT2D eigenvalue weighted by atomic mass is 10.1. The van der Waals surface area contributed by atoms with Crippen LogP contribution in [0, 0.1) is 59.0 Å². The van der Waals surface area contributed by atoms with Gasteiger partial charge in [-0.25, -0.2) is 48.1 Å². The Morgan fingerprint density at radius 3 is 1.18 bits per heavy atom. The van der Waals surface area contributed by atoms with Crippen molar-refractivity contribution in [3.05, 3.63) is 299 Å². The standard InChI is InChI=1S/C25H20F4N4O2.2C24H21FN4O2/c1-14-15(2)31-24(25(27,28)29)32-22(14)35-20-10-9-17(12-19(20)26)18-13-30-21(33(3)23(18)34)11-16-7-5-4-6-8-16;1-15-16(2)27-14-28-23(15)31-21-10-9-18(12-20(21)25)19-13-26-22(29(3)24(19)30)11-17-7-5-4-6-8-17;1-15-11-23(28-16(2)27-15)31-21-10-9-18(13-20(21)25)19-14-26-22(29(3)24(19)30)12-17-7-5-4-6-8-17/h4-10,12-13H,11H2,1-3H3;4-10,12-14H,11H2,1-3H3;4-11,13-14H,12H2,1-3H3. The van der Waals surface area contributed by atoms with Crippen molar-refractivity contribution < 1.29 is 40.6 Å². The van der Waals surface area contributed by atoms with E-state index in [-0.39, 0.29) is 62.2 Å². The van der Waals surface area contributed by atoms with E-state index in [4.69, 9.17) is 14.2 Å². The molecule has 0 saturated carbocycles. The molecule has 6 aromatic heterocycles. The van der Waals surface area contributed by atoms with Crippen molar-refractivity contribution in [3.63, 3.8) is 0 Å². The summed E-state index contributed by atoms with van der Waals surface area (Å²) in [6.07, 6.45) is 2.47. The van der Waals surface area contributed by atoms with Gasteiger partial charge < -0.3 is 14.2 Å². The molecule has 12 aromatic rings. The summed E-state index contributed by atoms with van der Waals surface area (Å²) in [5, 5.41) is 0. The van der Waals surface area contributed by atoms with E-state index in [1.165, 1.54) is 88.9 Å². The van der Waals surface area contributed by atoms with Gasteiger partial charge in [-0.3, -0.25) is 28.1 Å². The van der Waals surface area contributed by atoms with Crippen LogP contribution in [0.25, 0.3) is 33.4 Å². The Kier molecular flexibility index (Phi) is 20.8. The molecule has 6 aromatic carbocycles. The lowest BCUT2D eigenvalue weighted by molar-refractivity contribution is -0.145. The smallest absolute Gasteiger partial charge is 0.436 e. The van der Waals surface area contributed by atoms with E-state index in [0.29, 0.717) is 70.7 Å². The lowest BCUT2D eigenvalue weighted by Crippen LogP contribution is -2.23. The minimum Gasteiger partial charge on any atom is -0.436 e. The number of nitrogens with zero attached hydrogens (tertiary/aromatic N) is 12. The third-order valence-corrected chi connectivity index (χ3v) is 15.6. The molecule has 0 radical (unpaired) electrons. The van der Waals surface area contributed by atoms with Crippen LogP contribution in [0.3, 0.4) is 0 Å². The molecule has 0 saturated heterocycles. The van der Waals surface area contributed by atoms with Gasteiger partial charge in [0.05, 0.1) is 16.7 Å². The van der Waals surface area contributed by atoms with E-state index in [9.17, 15) is 40.7 Å². The molecule has 0 aliphatic rings. The van der Waals surface area contributed by atoms with E-state index >= 15 is 0 Å². The predicted octanol–water partition coefficient (Wildman–Crippen LogP) is 14.1. The Hall–Kier alpha value is -11.8. The van der Waals surface area contributed by atoms with Crippen LogP contribution >= 0.6 is 0 Å². The maximum Gasteiger partial charge on any atom is 0.451 e. The second-order valence-corrected chi connectivity index (χ2v) is 22.4. The van der Waals surface area contributed by atoms with Crippen molar-refractivity contribution in [1.29, 1.82) is 0 Å². The summed E-state index contributed by atoms with van der Waals surface area (Å²) in [5.74, 6) is -1.23. The van der Waals surface area contributed by atoms with Gasteiger partial charge in [0.25, 0.3) is 16.7 Å². The second kappa shape index (κ2) is 29.6. The van der Waals surface area contributed by atoms with Gasteiger partial charge in [0, 0.05) is 93.3 Å². The number of alkyl halides is 3. The van der Waals surface area contributed by atoms with E-state index in [1.54, 1.807) is 46.3 Å². The van der Waals surface area contributed by atoms with Crippen LogP contribution in [0.5, 0.6) is 34.9 Å². The first-order valence-electron chi connectivity index (χ1n) is 30.1. The summed E-state index contributed by atoms with van der Waals surface area (Å²) in [5.41, 5.74) is 6.69. The number of ether oxygens (including phenoxy) is 3. The molecule has 0 amide bonds. The summed E-state index contributed by atoms with van der Waals surface area (Å²) < 4.78 is 105. The van der Waals surface area contributed by atoms with Crippen molar-refractivity contribution in [2.75, 3.05) is 0 Å². The second-order valence-electron chi connectivity index (χ2n) is 22.4. The van der Waals surface area contributed by atoms with Crippen molar-refractivity contribution in [2.24, 2.45) is 21.1 Å². The molecule has 0 N–H and O–H groups in total. The van der Waals surface area contributed by atoms with Gasteiger partial charge in [-0.05, 0) is 111 Å². The predicted molar refractivity (Wildman–Crippen MR) is 352 cm³/mol. The van der Waals surface area contributed by atoms with Gasteiger partial charge in [-0.15, -0.1) is 0 Å². The van der Waals surface area contributed by atoms with Crippen molar-refractivity contribution in [3.8, 4) is 68.3 Å². The van der Waals surface area contributed by atoms with Crippen LogP contribution in [0.1, 0.15) is 74.0 Å². The summed E-state index contributed by atoms with van der Waals surface area (Å²) >= 11 is 0. The zero-order chi connectivity index (χ0) is 69.2. The third kappa shape index (κ3) is 16.4. The monoisotopic (exact) mass is 1320 g/mol. The summed E-state index contributed by atoms with van der Waals surface area (Å²) in [7, 11) is 4.93. The number of benzene rings is 6. The third-order valence-electron chi connectivity index (χ3n) is 15.6. The largest absolute Gasteiger partial charge is 0.451 e. The fourth-order valence-corrected chi connectivity index (χ4v) is 9.92. The molecule has 0 fully saturated rings. The van der Waals surface area contributed by atoms with Gasteiger partial charge in [0.15, 0.2) is 34.7 Å². The normalized spacial score (nSPS) is 11.1. The molecule has 12 rings (SSSR count). The van der Waals surface area contributed by atoms with Crippen LogP contribution in [0.15, 0.2) is 191 Å². The molecule has 492 valence electrons. The number of aromatic nitrogens is 12. The van der Waals surface area contributed by atoms with Crippen LogP contribution in [-0.4, -0.2) is 58.6 Å². The minimum absolute atomic E-state index is 0.0201. The van der Waals surface area contributed by atoms with E-state index < -0.39 is 35.3 Å². The first kappa shape index (κ1) is 68.1. The highest BCUT2D eigenvalue weighted by Crippen LogP contribution is 2.35. The van der Waals surface area contributed by atoms with Gasteiger partial charge in [-0.1, -0.05) is 109 Å². The Balaban J connectivity index is 0.000000158. The summed E-state index contributed by atoms with van der Waals surface area (Å²) in [6.45, 7) is 10.0. The molecule has 24 heteroatoms. The molecule has 18 nitrogen and oxygen atoms in total. The average molecular weight is 1320 g/mol. The van der Waals surface area contributed by atoms with E-state index in [2.05, 4.69) is 44.9 Å². The highest BCUT2D eigenvalue weighted by atomic mass is 19.4. The highest BCUT2D eigenvalue weighted by Gasteiger charge is 2.36. The zero-order valence-electron chi connectivity index (χ0n) is 53.9. The molecule has 6 heterocycles.